The van der Waals surface area contributed by atoms with E-state index in [9.17, 15) is 4.79 Å². The zero-order valence-electron chi connectivity index (χ0n) is 10.7. The second kappa shape index (κ2) is 5.96. The van der Waals surface area contributed by atoms with Crippen molar-refractivity contribution in [2.75, 3.05) is 11.9 Å². The zero-order valence-corrected chi connectivity index (χ0v) is 10.7. The summed E-state index contributed by atoms with van der Waals surface area (Å²) in [5, 5.41) is 2.97. The van der Waals surface area contributed by atoms with Gasteiger partial charge in [-0.3, -0.25) is 9.78 Å². The third-order valence-electron chi connectivity index (χ3n) is 3.87. The fourth-order valence-corrected chi connectivity index (χ4v) is 2.63. The summed E-state index contributed by atoms with van der Waals surface area (Å²) in [5.74, 6) is 0.0677. The quantitative estimate of drug-likeness (QED) is 0.805. The Kier molecular flexibility index (Phi) is 4.31. The molecule has 0 aromatic carbocycles. The molecule has 1 aliphatic carbocycles. The monoisotopic (exact) mass is 247 g/mol. The number of rotatable bonds is 3. The summed E-state index contributed by atoms with van der Waals surface area (Å²) >= 11 is 0. The van der Waals surface area contributed by atoms with Gasteiger partial charge >= 0.3 is 0 Å². The Balaban J connectivity index is 2.09. The fourth-order valence-electron chi connectivity index (χ4n) is 2.63. The number of carbonyl (C=O) groups is 1. The molecule has 1 fully saturated rings. The van der Waals surface area contributed by atoms with Gasteiger partial charge in [-0.2, -0.15) is 0 Å². The van der Waals surface area contributed by atoms with Gasteiger partial charge in [0.05, 0.1) is 5.41 Å². The predicted molar refractivity (Wildman–Crippen MR) is 72.1 cm³/mol. The first-order chi connectivity index (χ1) is 8.77. The Labute approximate surface area is 108 Å². The van der Waals surface area contributed by atoms with E-state index in [1.54, 1.807) is 24.5 Å². The number of pyridine rings is 1. The van der Waals surface area contributed by atoms with E-state index < -0.39 is 0 Å². The molecule has 0 bridgehead atoms. The standard InChI is InChI=1S/C14H21N3O/c15-11-14(7-3-1-2-4-8-14)13(18)17-12-5-9-16-10-6-12/h5-6,9-10H,1-4,7-8,11,15H2,(H,16,17,18). The first-order valence-corrected chi connectivity index (χ1v) is 6.68. The minimum Gasteiger partial charge on any atom is -0.329 e. The lowest BCUT2D eigenvalue weighted by Crippen LogP contribution is -2.42. The summed E-state index contributed by atoms with van der Waals surface area (Å²) < 4.78 is 0. The molecule has 3 N–H and O–H groups in total. The van der Waals surface area contributed by atoms with Crippen LogP contribution in [-0.2, 0) is 4.79 Å². The van der Waals surface area contributed by atoms with Crippen LogP contribution in [0, 0.1) is 5.41 Å². The number of amides is 1. The molecular weight excluding hydrogens is 226 g/mol. The first-order valence-electron chi connectivity index (χ1n) is 6.68. The molecule has 0 saturated heterocycles. The van der Waals surface area contributed by atoms with E-state index in [4.69, 9.17) is 5.73 Å². The SMILES string of the molecule is NCC1(C(=O)Nc2ccncc2)CCCCCC1. The molecule has 1 heterocycles. The summed E-state index contributed by atoms with van der Waals surface area (Å²) in [6.45, 7) is 0.434. The van der Waals surface area contributed by atoms with Gasteiger partial charge < -0.3 is 11.1 Å². The number of carbonyl (C=O) groups excluding carboxylic acids is 1. The molecule has 0 spiro atoms. The molecule has 4 nitrogen and oxygen atoms in total. The molecule has 1 aromatic heterocycles. The van der Waals surface area contributed by atoms with Gasteiger partial charge in [-0.25, -0.2) is 0 Å². The number of anilines is 1. The lowest BCUT2D eigenvalue weighted by Gasteiger charge is -2.29. The predicted octanol–water partition coefficient (Wildman–Crippen LogP) is 2.32. The summed E-state index contributed by atoms with van der Waals surface area (Å²) in [6, 6.07) is 3.61. The van der Waals surface area contributed by atoms with E-state index in [0.29, 0.717) is 6.54 Å². The van der Waals surface area contributed by atoms with Gasteiger partial charge in [0, 0.05) is 24.6 Å². The highest BCUT2D eigenvalue weighted by molar-refractivity contribution is 5.95. The third kappa shape index (κ3) is 2.88. The van der Waals surface area contributed by atoms with Crippen molar-refractivity contribution >= 4 is 11.6 Å². The van der Waals surface area contributed by atoms with Crippen molar-refractivity contribution in [1.29, 1.82) is 0 Å². The highest BCUT2D eigenvalue weighted by Gasteiger charge is 2.37. The Morgan fingerprint density at radius 2 is 1.83 bits per heavy atom. The van der Waals surface area contributed by atoms with Crippen molar-refractivity contribution < 1.29 is 4.79 Å². The van der Waals surface area contributed by atoms with Crippen LogP contribution in [0.15, 0.2) is 24.5 Å². The van der Waals surface area contributed by atoms with Gasteiger partial charge in [-0.15, -0.1) is 0 Å². The molecule has 18 heavy (non-hydrogen) atoms. The van der Waals surface area contributed by atoms with Crippen molar-refractivity contribution in [2.24, 2.45) is 11.1 Å². The smallest absolute Gasteiger partial charge is 0.231 e. The molecule has 1 aliphatic rings. The van der Waals surface area contributed by atoms with Gasteiger partial charge in [0.1, 0.15) is 0 Å². The highest BCUT2D eigenvalue weighted by Crippen LogP contribution is 2.35. The van der Waals surface area contributed by atoms with E-state index in [0.717, 1.165) is 31.4 Å². The zero-order chi connectivity index (χ0) is 12.8. The van der Waals surface area contributed by atoms with Crippen LogP contribution in [0.3, 0.4) is 0 Å². The topological polar surface area (TPSA) is 68.0 Å². The van der Waals surface area contributed by atoms with E-state index in [1.807, 2.05) is 0 Å². The maximum atomic E-state index is 12.5. The molecule has 0 aliphatic heterocycles. The van der Waals surface area contributed by atoms with Crippen molar-refractivity contribution in [1.82, 2.24) is 4.98 Å². The molecular formula is C14H21N3O. The van der Waals surface area contributed by atoms with Crippen LogP contribution < -0.4 is 11.1 Å². The molecule has 1 aromatic rings. The van der Waals surface area contributed by atoms with Gasteiger partial charge in [-0.1, -0.05) is 25.7 Å². The molecule has 2 rings (SSSR count). The number of nitrogens with one attached hydrogen (secondary N) is 1. The van der Waals surface area contributed by atoms with E-state index in [2.05, 4.69) is 10.3 Å². The minimum atomic E-state index is -0.375. The number of nitrogens with zero attached hydrogens (tertiary/aromatic N) is 1. The van der Waals surface area contributed by atoms with Gasteiger partial charge in [-0.05, 0) is 25.0 Å². The summed E-state index contributed by atoms with van der Waals surface area (Å²) in [7, 11) is 0. The normalized spacial score (nSPS) is 18.9. The molecule has 1 amide bonds. The number of hydrogen-bond acceptors (Lipinski definition) is 3. The lowest BCUT2D eigenvalue weighted by molar-refractivity contribution is -0.125. The van der Waals surface area contributed by atoms with Crippen LogP contribution in [0.25, 0.3) is 0 Å². The summed E-state index contributed by atoms with van der Waals surface area (Å²) in [5.41, 5.74) is 6.31. The highest BCUT2D eigenvalue weighted by atomic mass is 16.2. The average molecular weight is 247 g/mol. The molecule has 4 heteroatoms. The Morgan fingerprint density at radius 3 is 2.39 bits per heavy atom. The van der Waals surface area contributed by atoms with Gasteiger partial charge in [0.2, 0.25) is 5.91 Å². The average Bonchev–Trinajstić information content (AvgIpc) is 2.66. The Bertz CT molecular complexity index is 383. The van der Waals surface area contributed by atoms with E-state index in [1.165, 1.54) is 12.8 Å². The fraction of sp³-hybridized carbons (Fsp3) is 0.571. The van der Waals surface area contributed by atoms with Gasteiger partial charge in [0.15, 0.2) is 0 Å². The Morgan fingerprint density at radius 1 is 1.22 bits per heavy atom. The molecule has 0 atom stereocenters. The maximum absolute atomic E-state index is 12.5. The first kappa shape index (κ1) is 13.0. The van der Waals surface area contributed by atoms with Crippen LogP contribution in [0.4, 0.5) is 5.69 Å². The van der Waals surface area contributed by atoms with Gasteiger partial charge in [0.25, 0.3) is 0 Å². The molecule has 1 saturated carbocycles. The van der Waals surface area contributed by atoms with Crippen molar-refractivity contribution in [3.05, 3.63) is 24.5 Å². The summed E-state index contributed by atoms with van der Waals surface area (Å²) in [6.07, 6.45) is 9.78. The van der Waals surface area contributed by atoms with E-state index in [-0.39, 0.29) is 11.3 Å². The largest absolute Gasteiger partial charge is 0.329 e. The van der Waals surface area contributed by atoms with Crippen LogP contribution in [0.2, 0.25) is 0 Å². The minimum absolute atomic E-state index is 0.0677. The number of aromatic nitrogens is 1. The molecule has 0 unspecified atom stereocenters. The summed E-state index contributed by atoms with van der Waals surface area (Å²) in [4.78, 5) is 16.4. The van der Waals surface area contributed by atoms with Crippen LogP contribution >= 0.6 is 0 Å². The second-order valence-corrected chi connectivity index (χ2v) is 5.09. The van der Waals surface area contributed by atoms with Crippen LogP contribution in [0.5, 0.6) is 0 Å². The van der Waals surface area contributed by atoms with E-state index >= 15 is 0 Å². The van der Waals surface area contributed by atoms with Crippen molar-refractivity contribution in [2.45, 2.75) is 38.5 Å². The number of nitrogens with two attached hydrogens (primary N) is 1. The Hall–Kier alpha value is -1.42. The van der Waals surface area contributed by atoms with Crippen LogP contribution in [-0.4, -0.2) is 17.4 Å². The second-order valence-electron chi connectivity index (χ2n) is 5.09. The lowest BCUT2D eigenvalue weighted by atomic mass is 9.79. The molecule has 98 valence electrons. The third-order valence-corrected chi connectivity index (χ3v) is 3.87. The number of hydrogen-bond donors (Lipinski definition) is 2. The van der Waals surface area contributed by atoms with Crippen molar-refractivity contribution in [3.63, 3.8) is 0 Å². The van der Waals surface area contributed by atoms with Crippen LogP contribution in [0.1, 0.15) is 38.5 Å². The molecule has 0 radical (unpaired) electrons. The van der Waals surface area contributed by atoms with Crippen molar-refractivity contribution in [3.8, 4) is 0 Å². The maximum Gasteiger partial charge on any atom is 0.231 e.